The van der Waals surface area contributed by atoms with Gasteiger partial charge in [-0.1, -0.05) is 48.7 Å². The molecule has 26 heavy (non-hydrogen) atoms. The largest absolute Gasteiger partial charge is 0.423 e. The molecule has 0 heterocycles. The summed E-state index contributed by atoms with van der Waals surface area (Å²) in [7, 11) is -3.82. The highest BCUT2D eigenvalue weighted by atomic mass is 35.5. The van der Waals surface area contributed by atoms with E-state index in [0.29, 0.717) is 5.02 Å². The third-order valence-electron chi connectivity index (χ3n) is 3.59. The van der Waals surface area contributed by atoms with Gasteiger partial charge in [0, 0.05) is 19.2 Å². The number of ether oxygens (including phenoxy) is 1. The maximum Gasteiger partial charge on any atom is 0.343 e. The van der Waals surface area contributed by atoms with E-state index in [2.05, 4.69) is 0 Å². The number of sulfonamides is 1. The van der Waals surface area contributed by atoms with Gasteiger partial charge >= 0.3 is 5.97 Å². The fourth-order valence-corrected chi connectivity index (χ4v) is 4.48. The first kappa shape index (κ1) is 21.0. The van der Waals surface area contributed by atoms with E-state index in [-0.39, 0.29) is 39.3 Å². The Morgan fingerprint density at radius 2 is 1.58 bits per heavy atom. The first-order valence-electron chi connectivity index (χ1n) is 7.67. The fourth-order valence-electron chi connectivity index (χ4n) is 2.24. The molecule has 0 aliphatic heterocycles. The van der Waals surface area contributed by atoms with Crippen molar-refractivity contribution < 1.29 is 17.9 Å². The molecule has 2 rings (SSSR count). The molecule has 140 valence electrons. The quantitative estimate of drug-likeness (QED) is 0.477. The molecule has 0 spiro atoms. The molecular formula is C17H16Cl3NO4S. The van der Waals surface area contributed by atoms with Crippen LogP contribution in [0.3, 0.4) is 0 Å². The Labute approximate surface area is 167 Å². The Balaban J connectivity index is 2.36. The predicted molar refractivity (Wildman–Crippen MR) is 103 cm³/mol. The van der Waals surface area contributed by atoms with Crippen LogP contribution in [0.1, 0.15) is 24.2 Å². The molecule has 0 unspecified atom stereocenters. The summed E-state index contributed by atoms with van der Waals surface area (Å²) in [6, 6.07) is 8.31. The molecule has 0 atom stereocenters. The van der Waals surface area contributed by atoms with Gasteiger partial charge in [-0.15, -0.1) is 0 Å². The summed E-state index contributed by atoms with van der Waals surface area (Å²) in [5, 5.41) is 0.589. The van der Waals surface area contributed by atoms with Crippen molar-refractivity contribution >= 4 is 50.8 Å². The number of hydrogen-bond donors (Lipinski definition) is 0. The van der Waals surface area contributed by atoms with E-state index < -0.39 is 16.0 Å². The molecule has 0 amide bonds. The molecule has 5 nitrogen and oxygen atoms in total. The van der Waals surface area contributed by atoms with Crippen molar-refractivity contribution in [2.45, 2.75) is 18.7 Å². The van der Waals surface area contributed by atoms with Crippen LogP contribution in [0.25, 0.3) is 0 Å². The number of esters is 1. The van der Waals surface area contributed by atoms with Crippen molar-refractivity contribution in [3.8, 4) is 5.75 Å². The van der Waals surface area contributed by atoms with Crippen LogP contribution in [-0.2, 0) is 10.0 Å². The molecule has 0 bridgehead atoms. The van der Waals surface area contributed by atoms with Crippen LogP contribution in [0.15, 0.2) is 41.3 Å². The minimum Gasteiger partial charge on any atom is -0.423 e. The Bertz CT molecular complexity index is 928. The van der Waals surface area contributed by atoms with E-state index in [1.165, 1.54) is 40.7 Å². The SMILES string of the molecule is CCN(CC)S(=O)(=O)c1cc(C(=O)Oc2ccc(Cl)c(Cl)c2)ccc1Cl. The van der Waals surface area contributed by atoms with Gasteiger partial charge in [0.2, 0.25) is 10.0 Å². The lowest BCUT2D eigenvalue weighted by molar-refractivity contribution is 0.0734. The fraction of sp³-hybridized carbons (Fsp3) is 0.235. The van der Waals surface area contributed by atoms with Gasteiger partial charge in [0.15, 0.2) is 0 Å². The summed E-state index contributed by atoms with van der Waals surface area (Å²) in [4.78, 5) is 12.2. The second kappa shape index (κ2) is 8.59. The van der Waals surface area contributed by atoms with Crippen molar-refractivity contribution in [2.75, 3.05) is 13.1 Å². The Hall–Kier alpha value is -1.31. The van der Waals surface area contributed by atoms with Gasteiger partial charge in [0.1, 0.15) is 10.6 Å². The van der Waals surface area contributed by atoms with Crippen LogP contribution < -0.4 is 4.74 Å². The van der Waals surface area contributed by atoms with Crippen LogP contribution in [0.5, 0.6) is 5.75 Å². The third-order valence-corrected chi connectivity index (χ3v) is 6.86. The Kier molecular flexibility index (Phi) is 6.93. The van der Waals surface area contributed by atoms with Crippen molar-refractivity contribution in [3.05, 3.63) is 57.0 Å². The molecule has 0 aliphatic carbocycles. The molecule has 0 saturated carbocycles. The maximum absolute atomic E-state index is 12.7. The molecule has 0 saturated heterocycles. The number of hydrogen-bond acceptors (Lipinski definition) is 4. The summed E-state index contributed by atoms with van der Waals surface area (Å²) < 4.78 is 31.9. The first-order chi connectivity index (χ1) is 12.2. The summed E-state index contributed by atoms with van der Waals surface area (Å²) in [5.41, 5.74) is 0.0474. The zero-order chi connectivity index (χ0) is 19.5. The number of benzene rings is 2. The normalized spacial score (nSPS) is 11.6. The number of rotatable bonds is 6. The van der Waals surface area contributed by atoms with Crippen LogP contribution in [0.2, 0.25) is 15.1 Å². The minimum absolute atomic E-state index is 0.0305. The predicted octanol–water partition coefficient (Wildman–Crippen LogP) is 4.90. The molecule has 0 fully saturated rings. The summed E-state index contributed by atoms with van der Waals surface area (Å²) in [6.45, 7) is 4.01. The number of halogens is 3. The lowest BCUT2D eigenvalue weighted by Gasteiger charge is -2.19. The van der Waals surface area contributed by atoms with Crippen LogP contribution in [0, 0.1) is 0 Å². The highest BCUT2D eigenvalue weighted by Crippen LogP contribution is 2.28. The molecule has 2 aromatic rings. The smallest absolute Gasteiger partial charge is 0.343 e. The van der Waals surface area contributed by atoms with Gasteiger partial charge in [-0.2, -0.15) is 4.31 Å². The number of nitrogens with zero attached hydrogens (tertiary/aromatic N) is 1. The second-order valence-electron chi connectivity index (χ2n) is 5.20. The first-order valence-corrected chi connectivity index (χ1v) is 10.2. The highest BCUT2D eigenvalue weighted by Gasteiger charge is 2.26. The van der Waals surface area contributed by atoms with Crippen molar-refractivity contribution in [1.82, 2.24) is 4.31 Å². The summed E-state index contributed by atoms with van der Waals surface area (Å²) in [5.74, 6) is -0.552. The van der Waals surface area contributed by atoms with Gasteiger partial charge in [-0.3, -0.25) is 0 Å². The van der Waals surface area contributed by atoms with Crippen LogP contribution in [-0.4, -0.2) is 31.8 Å². The van der Waals surface area contributed by atoms with Gasteiger partial charge in [0.05, 0.1) is 20.6 Å². The minimum atomic E-state index is -3.82. The third kappa shape index (κ3) is 4.50. The summed E-state index contributed by atoms with van der Waals surface area (Å²) in [6.07, 6.45) is 0. The average Bonchev–Trinajstić information content (AvgIpc) is 2.59. The molecule has 2 aromatic carbocycles. The van der Waals surface area contributed by atoms with Gasteiger partial charge in [-0.05, 0) is 30.3 Å². The molecule has 0 aromatic heterocycles. The van der Waals surface area contributed by atoms with Crippen molar-refractivity contribution in [1.29, 1.82) is 0 Å². The molecule has 0 N–H and O–H groups in total. The molecule has 0 radical (unpaired) electrons. The lowest BCUT2D eigenvalue weighted by Crippen LogP contribution is -2.31. The van der Waals surface area contributed by atoms with Gasteiger partial charge in [0.25, 0.3) is 0 Å². The Morgan fingerprint density at radius 1 is 0.962 bits per heavy atom. The molecule has 9 heteroatoms. The number of carbonyl (C=O) groups excluding carboxylic acids is 1. The van der Waals surface area contributed by atoms with Crippen molar-refractivity contribution in [2.24, 2.45) is 0 Å². The summed E-state index contributed by atoms with van der Waals surface area (Å²) >= 11 is 17.8. The van der Waals surface area contributed by atoms with E-state index in [1.807, 2.05) is 0 Å². The zero-order valence-electron chi connectivity index (χ0n) is 14.0. The average molecular weight is 437 g/mol. The molecular weight excluding hydrogens is 421 g/mol. The standard InChI is InChI=1S/C17H16Cl3NO4S/c1-3-21(4-2)26(23,24)16-9-11(5-7-14(16)19)17(22)25-12-6-8-13(18)15(20)10-12/h5-10H,3-4H2,1-2H3. The van der Waals surface area contributed by atoms with Crippen LogP contribution >= 0.6 is 34.8 Å². The Morgan fingerprint density at radius 3 is 2.15 bits per heavy atom. The van der Waals surface area contributed by atoms with Crippen molar-refractivity contribution in [3.63, 3.8) is 0 Å². The van der Waals surface area contributed by atoms with E-state index in [9.17, 15) is 13.2 Å². The van der Waals surface area contributed by atoms with Crippen LogP contribution in [0.4, 0.5) is 0 Å². The monoisotopic (exact) mass is 435 g/mol. The van der Waals surface area contributed by atoms with E-state index in [4.69, 9.17) is 39.5 Å². The van der Waals surface area contributed by atoms with Gasteiger partial charge < -0.3 is 4.74 Å². The van der Waals surface area contributed by atoms with Gasteiger partial charge in [-0.25, -0.2) is 13.2 Å². The number of carbonyl (C=O) groups is 1. The van der Waals surface area contributed by atoms with E-state index in [0.717, 1.165) is 0 Å². The maximum atomic E-state index is 12.7. The second-order valence-corrected chi connectivity index (χ2v) is 8.33. The molecule has 0 aliphatic rings. The topological polar surface area (TPSA) is 63.7 Å². The lowest BCUT2D eigenvalue weighted by atomic mass is 10.2. The van der Waals surface area contributed by atoms with E-state index >= 15 is 0 Å². The highest BCUT2D eigenvalue weighted by molar-refractivity contribution is 7.89. The van der Waals surface area contributed by atoms with E-state index in [1.54, 1.807) is 13.8 Å². The zero-order valence-corrected chi connectivity index (χ0v) is 17.1.